The summed E-state index contributed by atoms with van der Waals surface area (Å²) < 4.78 is 31.7. The number of rotatable bonds is 3. The minimum Gasteiger partial charge on any atom is -0.306 e. The van der Waals surface area contributed by atoms with Crippen molar-refractivity contribution in [1.29, 1.82) is 0 Å². The van der Waals surface area contributed by atoms with Gasteiger partial charge in [0.15, 0.2) is 0 Å². The van der Waals surface area contributed by atoms with Crippen LogP contribution in [-0.4, -0.2) is 35.3 Å². The molecule has 1 saturated heterocycles. The number of benzene rings is 2. The molecule has 2 aromatic rings. The second kappa shape index (κ2) is 8.24. The van der Waals surface area contributed by atoms with Crippen LogP contribution in [0.2, 0.25) is 0 Å². The number of piperidine rings is 1. The van der Waals surface area contributed by atoms with E-state index in [1.54, 1.807) is 6.07 Å². The van der Waals surface area contributed by atoms with Crippen molar-refractivity contribution in [3.8, 4) is 0 Å². The number of amides is 2. The lowest BCUT2D eigenvalue weighted by Crippen LogP contribution is -2.30. The van der Waals surface area contributed by atoms with Gasteiger partial charge in [-0.1, -0.05) is 12.1 Å². The van der Waals surface area contributed by atoms with E-state index in [1.807, 2.05) is 0 Å². The Morgan fingerprint density at radius 3 is 2.66 bits per heavy atom. The fraction of sp³-hybridized carbons (Fsp3) is 0.458. The monoisotopic (exact) mass is 456 g/mol. The molecule has 8 heteroatoms. The van der Waals surface area contributed by atoms with Gasteiger partial charge in [-0.15, -0.1) is 4.36 Å². The normalized spacial score (nSPS) is 21.8. The number of fused-ring (bicyclic) bond motifs is 2. The number of likely N-dealkylation sites (N-methyl/N-ethyl adjacent to an activating group) is 1. The van der Waals surface area contributed by atoms with Crippen molar-refractivity contribution in [3.05, 3.63) is 57.9 Å². The molecule has 0 aromatic heterocycles. The average molecular weight is 457 g/mol. The zero-order chi connectivity index (χ0) is 22.5. The van der Waals surface area contributed by atoms with Crippen molar-refractivity contribution in [2.45, 2.75) is 55.8 Å². The maximum Gasteiger partial charge on any atom is 0.354 e. The van der Waals surface area contributed by atoms with E-state index in [0.717, 1.165) is 80.4 Å². The zero-order valence-electron chi connectivity index (χ0n) is 18.3. The van der Waals surface area contributed by atoms with E-state index < -0.39 is 21.8 Å². The highest BCUT2D eigenvalue weighted by Gasteiger charge is 2.27. The highest BCUT2D eigenvalue weighted by atomic mass is 32.2. The zero-order valence-corrected chi connectivity index (χ0v) is 19.1. The molecule has 2 amide bonds. The van der Waals surface area contributed by atoms with E-state index in [1.165, 1.54) is 23.3 Å². The first kappa shape index (κ1) is 21.6. The first-order valence-corrected chi connectivity index (χ1v) is 12.9. The van der Waals surface area contributed by atoms with Crippen molar-refractivity contribution in [2.24, 2.45) is 9.50 Å². The number of carbonyl (C=O) groups excluding carboxylic acids is 1. The Morgan fingerprint density at radius 2 is 1.94 bits per heavy atom. The summed E-state index contributed by atoms with van der Waals surface area (Å²) in [5.74, 6) is -0.450. The molecular formula is C24H29FN4O2S. The molecule has 1 heterocycles. The number of carbonyl (C=O) groups is 1. The molecule has 2 atom stereocenters. The van der Waals surface area contributed by atoms with E-state index in [-0.39, 0.29) is 10.8 Å². The quantitative estimate of drug-likeness (QED) is 0.727. The molecule has 32 heavy (non-hydrogen) atoms. The summed E-state index contributed by atoms with van der Waals surface area (Å²) in [4.78, 5) is 14.7. The number of hydrogen-bond acceptors (Lipinski definition) is 3. The van der Waals surface area contributed by atoms with Crippen LogP contribution in [0.5, 0.6) is 0 Å². The predicted molar refractivity (Wildman–Crippen MR) is 124 cm³/mol. The van der Waals surface area contributed by atoms with E-state index in [0.29, 0.717) is 0 Å². The van der Waals surface area contributed by atoms with Crippen LogP contribution < -0.4 is 10.5 Å². The molecule has 5 rings (SSSR count). The van der Waals surface area contributed by atoms with Gasteiger partial charge in [0, 0.05) is 12.2 Å². The maximum atomic E-state index is 14.9. The number of halogens is 1. The predicted octanol–water partition coefficient (Wildman–Crippen LogP) is 4.15. The third-order valence-electron chi connectivity index (χ3n) is 7.06. The van der Waals surface area contributed by atoms with Gasteiger partial charge in [0.1, 0.15) is 15.7 Å². The number of nitrogens with zero attached hydrogens (tertiary/aromatic N) is 2. The van der Waals surface area contributed by atoms with Gasteiger partial charge < -0.3 is 10.2 Å². The lowest BCUT2D eigenvalue weighted by atomic mass is 9.83. The fourth-order valence-corrected chi connectivity index (χ4v) is 6.33. The average Bonchev–Trinajstić information content (AvgIpc) is 3.18. The summed E-state index contributed by atoms with van der Waals surface area (Å²) in [7, 11) is -1.66. The number of hydrogen-bond donors (Lipinski definition) is 2. The minimum absolute atomic E-state index is 0.227. The Hall–Kier alpha value is -2.29. The lowest BCUT2D eigenvalue weighted by Gasteiger charge is -2.30. The number of urea groups is 1. The summed E-state index contributed by atoms with van der Waals surface area (Å²) in [6.45, 7) is 1.89. The highest BCUT2D eigenvalue weighted by molar-refractivity contribution is 7.91. The molecule has 1 unspecified atom stereocenters. The van der Waals surface area contributed by atoms with Crippen LogP contribution in [0.25, 0.3) is 0 Å². The van der Waals surface area contributed by atoms with Gasteiger partial charge in [0.25, 0.3) is 0 Å². The van der Waals surface area contributed by atoms with E-state index in [2.05, 4.69) is 27.7 Å². The highest BCUT2D eigenvalue weighted by Crippen LogP contribution is 2.39. The van der Waals surface area contributed by atoms with Gasteiger partial charge in [0.05, 0.1) is 4.90 Å². The van der Waals surface area contributed by atoms with Crippen LogP contribution in [0.15, 0.2) is 33.5 Å². The standard InChI is InChI=1S/C24H29FN4O2S/c1-29-11-3-5-18(14-29)15-8-10-22(21(25)13-15)32(26,31)28-24(30)27-23-19-6-2-4-16(19)12-17-7-9-20(17)23/h8,10,12-13,18H,2-7,9,11,14H2,1H3,(H3,26,27,28,30,31)/t18-,32?/m0/s1. The fourth-order valence-electron chi connectivity index (χ4n) is 5.34. The SMILES string of the molecule is CN1CCC[C@H](c2ccc(S(N)(=O)=NC(=O)Nc3c4c(cc5c3CC5)CCC4)c(F)c2)C1. The Morgan fingerprint density at radius 1 is 1.16 bits per heavy atom. The van der Waals surface area contributed by atoms with Gasteiger partial charge in [-0.3, -0.25) is 0 Å². The Bertz CT molecular complexity index is 1220. The van der Waals surface area contributed by atoms with Crippen LogP contribution in [0.1, 0.15) is 53.0 Å². The molecule has 3 N–H and O–H groups in total. The smallest absolute Gasteiger partial charge is 0.306 e. The third kappa shape index (κ3) is 3.95. The molecule has 1 aliphatic heterocycles. The second-order valence-corrected chi connectivity index (χ2v) is 11.0. The number of nitrogens with two attached hydrogens (primary N) is 1. The number of aryl methyl sites for hydroxylation is 2. The van der Waals surface area contributed by atoms with Crippen LogP contribution in [0.4, 0.5) is 14.9 Å². The van der Waals surface area contributed by atoms with Crippen molar-refractivity contribution in [1.82, 2.24) is 4.90 Å². The van der Waals surface area contributed by atoms with Crippen molar-refractivity contribution < 1.29 is 13.4 Å². The van der Waals surface area contributed by atoms with Crippen LogP contribution in [0, 0.1) is 5.82 Å². The number of anilines is 1. The molecule has 0 spiro atoms. The van der Waals surface area contributed by atoms with Gasteiger partial charge >= 0.3 is 6.03 Å². The summed E-state index contributed by atoms with van der Waals surface area (Å²) in [5.41, 5.74) is 6.44. The Balaban J connectivity index is 1.40. The molecule has 3 aliphatic rings. The molecule has 2 aromatic carbocycles. The Labute approximate surface area is 188 Å². The molecule has 2 aliphatic carbocycles. The second-order valence-electron chi connectivity index (χ2n) is 9.26. The number of likely N-dealkylation sites (tertiary alicyclic amines) is 1. The molecule has 0 bridgehead atoms. The van der Waals surface area contributed by atoms with E-state index in [9.17, 15) is 13.4 Å². The first-order chi connectivity index (χ1) is 15.3. The summed E-state index contributed by atoms with van der Waals surface area (Å²) in [6, 6.07) is 6.02. The van der Waals surface area contributed by atoms with E-state index >= 15 is 0 Å². The van der Waals surface area contributed by atoms with Gasteiger partial charge in [-0.25, -0.2) is 18.5 Å². The molecule has 1 fully saturated rings. The van der Waals surface area contributed by atoms with Crippen molar-refractivity contribution in [2.75, 3.05) is 25.5 Å². The van der Waals surface area contributed by atoms with Gasteiger partial charge in [0.2, 0.25) is 0 Å². The summed E-state index contributed by atoms with van der Waals surface area (Å²) in [6.07, 6.45) is 6.92. The minimum atomic E-state index is -3.71. The Kier molecular flexibility index (Phi) is 5.55. The van der Waals surface area contributed by atoms with Gasteiger partial charge in [-0.2, -0.15) is 0 Å². The molecule has 0 saturated carbocycles. The lowest BCUT2D eigenvalue weighted by molar-refractivity contribution is 0.250. The summed E-state index contributed by atoms with van der Waals surface area (Å²) in [5, 5.41) is 8.71. The first-order valence-electron chi connectivity index (χ1n) is 11.3. The van der Waals surface area contributed by atoms with Crippen LogP contribution in [0.3, 0.4) is 0 Å². The molecular weight excluding hydrogens is 427 g/mol. The van der Waals surface area contributed by atoms with Crippen molar-refractivity contribution in [3.63, 3.8) is 0 Å². The molecule has 6 nitrogen and oxygen atoms in total. The molecule has 170 valence electrons. The largest absolute Gasteiger partial charge is 0.354 e. The van der Waals surface area contributed by atoms with Crippen LogP contribution in [-0.2, 0) is 35.6 Å². The van der Waals surface area contributed by atoms with Gasteiger partial charge in [-0.05, 0) is 104 Å². The van der Waals surface area contributed by atoms with E-state index in [4.69, 9.17) is 5.14 Å². The summed E-state index contributed by atoms with van der Waals surface area (Å²) >= 11 is 0. The van der Waals surface area contributed by atoms with Crippen molar-refractivity contribution >= 4 is 21.6 Å². The maximum absolute atomic E-state index is 14.9. The third-order valence-corrected chi connectivity index (χ3v) is 8.46. The molecule has 0 radical (unpaired) electrons. The topological polar surface area (TPSA) is 87.8 Å². The van der Waals surface area contributed by atoms with Crippen LogP contribution >= 0.6 is 0 Å². The number of nitrogens with one attached hydrogen (secondary N) is 1.